The van der Waals surface area contributed by atoms with E-state index >= 15 is 0 Å². The fraction of sp³-hybridized carbons (Fsp3) is 0. The lowest BCUT2D eigenvalue weighted by Gasteiger charge is -2.23. The molecular weight excluding hydrogens is 266 g/mol. The van der Waals surface area contributed by atoms with Gasteiger partial charge in [0.1, 0.15) is 0 Å². The lowest BCUT2D eigenvalue weighted by atomic mass is 10.1. The molecule has 0 N–H and O–H groups in total. The second-order valence-corrected chi connectivity index (χ2v) is 5.29. The third kappa shape index (κ3) is 2.92. The highest BCUT2D eigenvalue weighted by molar-refractivity contribution is 7.90. The van der Waals surface area contributed by atoms with Crippen LogP contribution in [0.25, 0.3) is 0 Å². The van der Waals surface area contributed by atoms with Crippen LogP contribution in [0.4, 0.5) is 0 Å². The van der Waals surface area contributed by atoms with Crippen molar-refractivity contribution in [1.29, 1.82) is 0 Å². The van der Waals surface area contributed by atoms with E-state index in [0.717, 1.165) is 0 Å². The van der Waals surface area contributed by atoms with Gasteiger partial charge in [0.25, 0.3) is 10.0 Å². The van der Waals surface area contributed by atoms with Crippen molar-refractivity contribution >= 4 is 15.7 Å². The molecule has 2 rings (SSSR count). The second kappa shape index (κ2) is 5.11. The highest BCUT2D eigenvalue weighted by atomic mass is 32.2. The number of hydrogen-bond acceptors (Lipinski definition) is 4. The Kier molecular flexibility index (Phi) is 3.52. The van der Waals surface area contributed by atoms with Crippen LogP contribution in [0.5, 0.6) is 0 Å². The van der Waals surface area contributed by atoms with E-state index in [1.165, 1.54) is 36.4 Å². The van der Waals surface area contributed by atoms with Crippen LogP contribution in [0.2, 0.25) is 0 Å². The third-order valence-corrected chi connectivity index (χ3v) is 3.69. The summed E-state index contributed by atoms with van der Waals surface area (Å²) in [4.78, 5) is 0.00292. The van der Waals surface area contributed by atoms with E-state index in [4.69, 9.17) is 0 Å². The topological polar surface area (TPSA) is 92.6 Å². The predicted molar refractivity (Wildman–Crippen MR) is 66.4 cm³/mol. The number of sulfonamides is 1. The standard InChI is InChI=1S/C13H11NO4S/c15-13(16)11-8-4-5-9-12(11)14-19(17,18)10-6-2-1-3-7-10/h1-9,15-16H/p-2. The summed E-state index contributed by atoms with van der Waals surface area (Å²) in [6.45, 7) is 0. The van der Waals surface area contributed by atoms with Crippen molar-refractivity contribution in [2.45, 2.75) is 4.90 Å². The van der Waals surface area contributed by atoms with Gasteiger partial charge >= 0.3 is 0 Å². The Labute approximate surface area is 110 Å². The average Bonchev–Trinajstić information content (AvgIpc) is 2.39. The summed E-state index contributed by atoms with van der Waals surface area (Å²) in [6, 6.07) is 7.58. The van der Waals surface area contributed by atoms with Crippen molar-refractivity contribution in [1.82, 2.24) is 0 Å². The lowest BCUT2D eigenvalue weighted by Crippen LogP contribution is -2.24. The van der Waals surface area contributed by atoms with Crippen LogP contribution in [0.1, 0.15) is 0 Å². The minimum Gasteiger partial charge on any atom is -0.883 e. The maximum Gasteiger partial charge on any atom is 0.282 e. The molecule has 0 radical (unpaired) electrons. The molecule has 0 spiro atoms. The quantitative estimate of drug-likeness (QED) is 0.703. The van der Waals surface area contributed by atoms with E-state index < -0.39 is 16.0 Å². The fourth-order valence-corrected chi connectivity index (χ4v) is 2.53. The number of nitrogens with zero attached hydrogens (tertiary/aromatic N) is 1. The molecule has 5 nitrogen and oxygen atoms in total. The molecule has 6 heteroatoms. The number of benzene rings is 1. The molecule has 0 aliphatic heterocycles. The van der Waals surface area contributed by atoms with Crippen LogP contribution in [-0.2, 0) is 10.0 Å². The Balaban J connectivity index is 2.50. The van der Waals surface area contributed by atoms with Gasteiger partial charge in [-0.2, -0.15) is 18.8 Å². The zero-order valence-corrected chi connectivity index (χ0v) is 10.5. The molecule has 1 aliphatic rings. The van der Waals surface area contributed by atoms with Crippen LogP contribution in [0.15, 0.2) is 75.4 Å². The Bertz CT molecular complexity index is 693. The van der Waals surface area contributed by atoms with E-state index in [-0.39, 0.29) is 16.2 Å². The monoisotopic (exact) mass is 275 g/mol. The number of allylic oxidation sites excluding steroid dienone is 5. The predicted octanol–water partition coefficient (Wildman–Crippen LogP) is -0.126. The summed E-state index contributed by atoms with van der Waals surface area (Å²) in [6.07, 6.45) is 5.53. The molecule has 0 bridgehead atoms. The van der Waals surface area contributed by atoms with Gasteiger partial charge in [-0.15, -0.1) is 0 Å². The largest absolute Gasteiger partial charge is 0.883 e. The molecule has 98 valence electrons. The van der Waals surface area contributed by atoms with Crippen molar-refractivity contribution in [2.75, 3.05) is 0 Å². The Morgan fingerprint density at radius 3 is 2.26 bits per heavy atom. The van der Waals surface area contributed by atoms with Crippen molar-refractivity contribution in [3.63, 3.8) is 0 Å². The Morgan fingerprint density at radius 2 is 1.63 bits per heavy atom. The van der Waals surface area contributed by atoms with Gasteiger partial charge in [-0.1, -0.05) is 36.4 Å². The first-order valence-electron chi connectivity index (χ1n) is 5.34. The molecular formula is C13H9NO4S-2. The average molecular weight is 275 g/mol. The summed E-state index contributed by atoms with van der Waals surface area (Å²) in [5.41, 5.74) is -0.409. The maximum atomic E-state index is 12.0. The molecule has 0 atom stereocenters. The third-order valence-electron chi connectivity index (χ3n) is 2.38. The fourth-order valence-electron chi connectivity index (χ4n) is 1.50. The molecule has 0 unspecified atom stereocenters. The van der Waals surface area contributed by atoms with Gasteiger partial charge in [0, 0.05) is 0 Å². The van der Waals surface area contributed by atoms with Gasteiger partial charge in [0.15, 0.2) is 0 Å². The SMILES string of the molecule is O=S(=O)(N=C1C=CC=CC1=C([O-])[O-])c1ccccc1. The van der Waals surface area contributed by atoms with Crippen molar-refractivity contribution in [2.24, 2.45) is 4.40 Å². The number of hydrogen-bond donors (Lipinski definition) is 0. The Morgan fingerprint density at radius 1 is 1.00 bits per heavy atom. The van der Waals surface area contributed by atoms with Crippen LogP contribution in [0, 0.1) is 0 Å². The minimum absolute atomic E-state index is 0.00292. The molecule has 1 aromatic carbocycles. The van der Waals surface area contributed by atoms with E-state index in [1.54, 1.807) is 18.2 Å². The normalized spacial score (nSPS) is 16.8. The van der Waals surface area contributed by atoms with Gasteiger partial charge in [0.2, 0.25) is 0 Å². The summed E-state index contributed by atoms with van der Waals surface area (Å²) in [5.74, 6) is -1.47. The van der Waals surface area contributed by atoms with Crippen LogP contribution in [0.3, 0.4) is 0 Å². The van der Waals surface area contributed by atoms with E-state index in [9.17, 15) is 18.6 Å². The van der Waals surface area contributed by atoms with E-state index in [0.29, 0.717) is 0 Å². The first-order chi connectivity index (χ1) is 9.00. The van der Waals surface area contributed by atoms with Crippen LogP contribution < -0.4 is 10.2 Å². The van der Waals surface area contributed by atoms with Gasteiger partial charge in [-0.25, -0.2) is 0 Å². The highest BCUT2D eigenvalue weighted by Gasteiger charge is 2.14. The van der Waals surface area contributed by atoms with Crippen molar-refractivity contribution < 1.29 is 18.6 Å². The molecule has 0 aromatic heterocycles. The summed E-state index contributed by atoms with van der Waals surface area (Å²) in [5, 5.41) is 21.8. The molecule has 19 heavy (non-hydrogen) atoms. The maximum absolute atomic E-state index is 12.0. The first-order valence-corrected chi connectivity index (χ1v) is 6.78. The zero-order valence-electron chi connectivity index (χ0n) is 9.68. The minimum atomic E-state index is -3.94. The number of rotatable bonds is 2. The van der Waals surface area contributed by atoms with Crippen molar-refractivity contribution in [3.8, 4) is 0 Å². The molecule has 0 amide bonds. The molecule has 0 saturated carbocycles. The molecule has 0 fully saturated rings. The molecule has 1 aromatic rings. The smallest absolute Gasteiger partial charge is 0.282 e. The summed E-state index contributed by atoms with van der Waals surface area (Å²) >= 11 is 0. The van der Waals surface area contributed by atoms with Gasteiger partial charge in [0.05, 0.1) is 10.6 Å². The van der Waals surface area contributed by atoms with E-state index in [2.05, 4.69) is 4.40 Å². The van der Waals surface area contributed by atoms with E-state index in [1.807, 2.05) is 0 Å². The Hall–Kier alpha value is -2.34. The lowest BCUT2D eigenvalue weighted by molar-refractivity contribution is -0.513. The highest BCUT2D eigenvalue weighted by Crippen LogP contribution is 2.16. The first kappa shape index (κ1) is 13.1. The van der Waals surface area contributed by atoms with Gasteiger partial charge < -0.3 is 10.2 Å². The van der Waals surface area contributed by atoms with Gasteiger partial charge in [-0.05, 0) is 23.8 Å². The van der Waals surface area contributed by atoms with Crippen molar-refractivity contribution in [3.05, 3.63) is 66.2 Å². The van der Waals surface area contributed by atoms with Gasteiger partial charge in [-0.3, -0.25) is 0 Å². The summed E-state index contributed by atoms with van der Waals surface area (Å²) in [7, 11) is -3.94. The second-order valence-electron chi connectivity index (χ2n) is 3.68. The molecule has 0 saturated heterocycles. The molecule has 1 aliphatic carbocycles. The van der Waals surface area contributed by atoms with Crippen LogP contribution >= 0.6 is 0 Å². The zero-order chi connectivity index (χ0) is 13.9. The molecule has 0 heterocycles. The van der Waals surface area contributed by atoms with Crippen LogP contribution in [-0.4, -0.2) is 14.1 Å². The summed E-state index contributed by atoms with van der Waals surface area (Å²) < 4.78 is 27.5.